The van der Waals surface area contributed by atoms with E-state index < -0.39 is 0 Å². The minimum Gasteiger partial charge on any atom is -0.508 e. The van der Waals surface area contributed by atoms with E-state index in [1.165, 1.54) is 17.6 Å². The van der Waals surface area contributed by atoms with E-state index in [9.17, 15) is 14.7 Å². The summed E-state index contributed by atoms with van der Waals surface area (Å²) < 4.78 is 11.6. The van der Waals surface area contributed by atoms with E-state index in [1.54, 1.807) is 36.4 Å². The Morgan fingerprint density at radius 1 is 0.939 bits per heavy atom. The van der Waals surface area contributed by atoms with Gasteiger partial charge in [-0.15, -0.1) is 11.3 Å². The summed E-state index contributed by atoms with van der Waals surface area (Å²) in [5, 5.41) is 10.7. The Bertz CT molecular complexity index is 1380. The van der Waals surface area contributed by atoms with Crippen molar-refractivity contribution in [2.75, 3.05) is 0 Å². The number of rotatable bonds is 7. The predicted octanol–water partition coefficient (Wildman–Crippen LogP) is 6.70. The molecule has 0 amide bonds. The summed E-state index contributed by atoms with van der Waals surface area (Å²) in [4.78, 5) is 24.4. The molecule has 4 rings (SSSR count). The van der Waals surface area contributed by atoms with E-state index in [0.29, 0.717) is 28.4 Å². The van der Waals surface area contributed by atoms with Crippen molar-refractivity contribution in [3.63, 3.8) is 0 Å². The van der Waals surface area contributed by atoms with Gasteiger partial charge in [0.2, 0.25) is 5.78 Å². The maximum Gasteiger partial charge on any atom is 0.297 e. The standard InChI is InChI=1S/C27H22O5S/c1-16-12-18(3)23(13-17(16)2)25(30)27-26(22-9-6-20(29)14-24(22)33-27)32-21-7-4-19(5-8-21)10-11-31-15-28/h4-15,29H,1-3H3/b11-10+. The van der Waals surface area contributed by atoms with Gasteiger partial charge in [0.25, 0.3) is 6.47 Å². The van der Waals surface area contributed by atoms with Gasteiger partial charge in [0, 0.05) is 15.6 Å². The number of carbonyl (C=O) groups excluding carboxylic acids is 2. The number of benzene rings is 3. The van der Waals surface area contributed by atoms with Crippen LogP contribution in [0.15, 0.2) is 60.9 Å². The summed E-state index contributed by atoms with van der Waals surface area (Å²) in [6.45, 7) is 6.29. The number of hydrogen-bond acceptors (Lipinski definition) is 6. The number of hydrogen-bond donors (Lipinski definition) is 1. The Kier molecular flexibility index (Phi) is 6.29. The Morgan fingerprint density at radius 3 is 2.39 bits per heavy atom. The highest BCUT2D eigenvalue weighted by atomic mass is 32.1. The smallest absolute Gasteiger partial charge is 0.297 e. The molecule has 0 unspecified atom stereocenters. The highest BCUT2D eigenvalue weighted by Crippen LogP contribution is 2.43. The summed E-state index contributed by atoms with van der Waals surface area (Å²) >= 11 is 1.30. The van der Waals surface area contributed by atoms with Crippen LogP contribution < -0.4 is 4.74 Å². The van der Waals surface area contributed by atoms with Crippen LogP contribution in [0.4, 0.5) is 0 Å². The van der Waals surface area contributed by atoms with Crippen LogP contribution in [-0.4, -0.2) is 17.4 Å². The maximum atomic E-state index is 13.6. The number of aryl methyl sites for hydroxylation is 3. The van der Waals surface area contributed by atoms with Crippen LogP contribution in [0.1, 0.15) is 37.5 Å². The normalized spacial score (nSPS) is 11.1. The minimum absolute atomic E-state index is 0.114. The minimum atomic E-state index is -0.114. The van der Waals surface area contributed by atoms with Crippen LogP contribution in [-0.2, 0) is 9.53 Å². The molecule has 33 heavy (non-hydrogen) atoms. The highest BCUT2D eigenvalue weighted by Gasteiger charge is 2.23. The van der Waals surface area contributed by atoms with E-state index in [-0.39, 0.29) is 11.5 Å². The molecule has 0 bridgehead atoms. The van der Waals surface area contributed by atoms with Crippen LogP contribution >= 0.6 is 11.3 Å². The van der Waals surface area contributed by atoms with Crippen molar-refractivity contribution in [3.05, 3.63) is 93.6 Å². The molecule has 0 atom stereocenters. The molecule has 0 radical (unpaired) electrons. The molecule has 166 valence electrons. The molecule has 0 saturated heterocycles. The molecule has 4 aromatic rings. The summed E-state index contributed by atoms with van der Waals surface area (Å²) in [7, 11) is 0. The Morgan fingerprint density at radius 2 is 1.67 bits per heavy atom. The van der Waals surface area contributed by atoms with Crippen molar-refractivity contribution >= 4 is 39.8 Å². The molecule has 1 heterocycles. The van der Waals surface area contributed by atoms with Crippen LogP contribution in [0.25, 0.3) is 16.2 Å². The summed E-state index contributed by atoms with van der Waals surface area (Å²) in [6.07, 6.45) is 2.95. The Hall–Kier alpha value is -3.90. The van der Waals surface area contributed by atoms with Crippen molar-refractivity contribution in [2.24, 2.45) is 0 Å². The first-order valence-corrected chi connectivity index (χ1v) is 11.1. The highest BCUT2D eigenvalue weighted by molar-refractivity contribution is 7.21. The Labute approximate surface area is 195 Å². The van der Waals surface area contributed by atoms with Gasteiger partial charge in [0.05, 0.1) is 6.26 Å². The second-order valence-corrected chi connectivity index (χ2v) is 8.78. The van der Waals surface area contributed by atoms with Crippen LogP contribution in [0.2, 0.25) is 0 Å². The molecule has 1 N–H and O–H groups in total. The van der Waals surface area contributed by atoms with Gasteiger partial charge in [-0.1, -0.05) is 18.2 Å². The summed E-state index contributed by atoms with van der Waals surface area (Å²) in [5.74, 6) is 1.04. The predicted molar refractivity (Wildman–Crippen MR) is 130 cm³/mol. The zero-order valence-electron chi connectivity index (χ0n) is 18.4. The molecular formula is C27H22O5S. The number of aromatic hydroxyl groups is 1. The molecule has 6 heteroatoms. The van der Waals surface area contributed by atoms with E-state index >= 15 is 0 Å². The molecule has 0 aliphatic carbocycles. The lowest BCUT2D eigenvalue weighted by Gasteiger charge is -2.11. The monoisotopic (exact) mass is 458 g/mol. The molecule has 0 saturated carbocycles. The molecule has 0 spiro atoms. The third kappa shape index (κ3) is 4.66. The van der Waals surface area contributed by atoms with Crippen LogP contribution in [0.3, 0.4) is 0 Å². The van der Waals surface area contributed by atoms with E-state index in [2.05, 4.69) is 4.74 Å². The summed E-state index contributed by atoms with van der Waals surface area (Å²) in [6, 6.07) is 16.1. The summed E-state index contributed by atoms with van der Waals surface area (Å²) in [5.41, 5.74) is 4.55. The number of phenolic OH excluding ortho intramolecular Hbond substituents is 1. The lowest BCUT2D eigenvalue weighted by atomic mass is 9.97. The van der Waals surface area contributed by atoms with Gasteiger partial charge < -0.3 is 14.6 Å². The lowest BCUT2D eigenvalue weighted by Crippen LogP contribution is -2.04. The first-order chi connectivity index (χ1) is 15.9. The quantitative estimate of drug-likeness (QED) is 0.190. The van der Waals surface area contributed by atoms with E-state index in [4.69, 9.17) is 4.74 Å². The van der Waals surface area contributed by atoms with Gasteiger partial charge in [-0.2, -0.15) is 0 Å². The number of carbonyl (C=O) groups is 2. The SMILES string of the molecule is Cc1cc(C)c(C(=O)c2sc3cc(O)ccc3c2Oc2ccc(/C=C/OC=O)cc2)cc1C. The fourth-order valence-electron chi connectivity index (χ4n) is 3.55. The third-order valence-electron chi connectivity index (χ3n) is 5.41. The van der Waals surface area contributed by atoms with Crippen LogP contribution in [0, 0.1) is 20.8 Å². The maximum absolute atomic E-state index is 13.6. The molecule has 1 aromatic heterocycles. The average Bonchev–Trinajstić information content (AvgIpc) is 3.14. The molecule has 5 nitrogen and oxygen atoms in total. The zero-order valence-corrected chi connectivity index (χ0v) is 19.2. The molecule has 0 fully saturated rings. The molecule has 3 aromatic carbocycles. The lowest BCUT2D eigenvalue weighted by molar-refractivity contribution is -0.123. The van der Waals surface area contributed by atoms with Gasteiger partial charge in [-0.05, 0) is 85.5 Å². The Balaban J connectivity index is 1.76. The van der Waals surface area contributed by atoms with Gasteiger partial charge in [0.15, 0.2) is 5.75 Å². The van der Waals surface area contributed by atoms with E-state index in [0.717, 1.165) is 32.3 Å². The fourth-order valence-corrected chi connectivity index (χ4v) is 4.67. The van der Waals surface area contributed by atoms with Crippen molar-refractivity contribution in [3.8, 4) is 17.2 Å². The van der Waals surface area contributed by atoms with Crippen LogP contribution in [0.5, 0.6) is 17.2 Å². The van der Waals surface area contributed by atoms with Gasteiger partial charge >= 0.3 is 0 Å². The third-order valence-corrected chi connectivity index (χ3v) is 6.55. The van der Waals surface area contributed by atoms with Crippen molar-refractivity contribution in [1.82, 2.24) is 0 Å². The zero-order chi connectivity index (χ0) is 23.5. The number of phenols is 1. The van der Waals surface area contributed by atoms with Gasteiger partial charge in [0.1, 0.15) is 16.4 Å². The number of thiophene rings is 1. The fraction of sp³-hybridized carbons (Fsp3) is 0.111. The van der Waals surface area contributed by atoms with Crippen molar-refractivity contribution in [2.45, 2.75) is 20.8 Å². The second-order valence-electron chi connectivity index (χ2n) is 7.73. The first-order valence-electron chi connectivity index (χ1n) is 10.3. The average molecular weight is 459 g/mol. The van der Waals surface area contributed by atoms with Gasteiger partial charge in [-0.3, -0.25) is 9.59 Å². The molecular weight excluding hydrogens is 436 g/mol. The topological polar surface area (TPSA) is 72.8 Å². The largest absolute Gasteiger partial charge is 0.508 e. The van der Waals surface area contributed by atoms with Crippen molar-refractivity contribution < 1.29 is 24.2 Å². The second kappa shape index (κ2) is 9.30. The van der Waals surface area contributed by atoms with E-state index in [1.807, 2.05) is 45.0 Å². The number of fused-ring (bicyclic) bond motifs is 1. The number of ketones is 1. The first kappa shape index (κ1) is 22.3. The number of ether oxygens (including phenoxy) is 2. The molecule has 0 aliphatic heterocycles. The van der Waals surface area contributed by atoms with Gasteiger partial charge in [-0.25, -0.2) is 0 Å². The molecule has 0 aliphatic rings. The van der Waals surface area contributed by atoms with Crippen molar-refractivity contribution in [1.29, 1.82) is 0 Å².